The summed E-state index contributed by atoms with van der Waals surface area (Å²) in [6.45, 7) is 0.900. The zero-order valence-corrected chi connectivity index (χ0v) is 12.6. The molecule has 0 heterocycles. The van der Waals surface area contributed by atoms with E-state index in [0.29, 0.717) is 18.9 Å². The van der Waals surface area contributed by atoms with Crippen LogP contribution in [0.5, 0.6) is 11.5 Å². The fourth-order valence-corrected chi connectivity index (χ4v) is 2.61. The molecule has 112 valence electrons. The fraction of sp³-hybridized carbons (Fsp3) is 0.158. The minimum absolute atomic E-state index is 0.419. The van der Waals surface area contributed by atoms with Crippen LogP contribution >= 0.6 is 0 Å². The highest BCUT2D eigenvalue weighted by molar-refractivity contribution is 5.85. The molecule has 0 saturated carbocycles. The van der Waals surface area contributed by atoms with Gasteiger partial charge in [-0.2, -0.15) is 0 Å². The monoisotopic (exact) mass is 293 g/mol. The first-order valence-electron chi connectivity index (χ1n) is 7.29. The van der Waals surface area contributed by atoms with E-state index in [2.05, 4.69) is 24.3 Å². The van der Waals surface area contributed by atoms with Gasteiger partial charge in [0.05, 0.1) is 7.11 Å². The molecule has 0 aliphatic heterocycles. The summed E-state index contributed by atoms with van der Waals surface area (Å²) in [5.74, 6) is 1.43. The number of nitrogens with two attached hydrogens (primary N) is 1. The summed E-state index contributed by atoms with van der Waals surface area (Å²) in [4.78, 5) is 0. The molecule has 0 bridgehead atoms. The fourth-order valence-electron chi connectivity index (χ4n) is 2.61. The Labute approximate surface area is 130 Å². The third-order valence-corrected chi connectivity index (χ3v) is 3.75. The van der Waals surface area contributed by atoms with E-state index >= 15 is 0 Å². The van der Waals surface area contributed by atoms with Crippen molar-refractivity contribution in [2.45, 2.75) is 13.2 Å². The predicted octanol–water partition coefficient (Wildman–Crippen LogP) is 3.89. The van der Waals surface area contributed by atoms with Crippen LogP contribution in [0.25, 0.3) is 10.8 Å². The van der Waals surface area contributed by atoms with Crippen LogP contribution in [0.3, 0.4) is 0 Å². The summed E-state index contributed by atoms with van der Waals surface area (Å²) in [6.07, 6.45) is 0. The van der Waals surface area contributed by atoms with Gasteiger partial charge in [0.1, 0.15) is 6.61 Å². The van der Waals surface area contributed by atoms with E-state index in [1.807, 2.05) is 36.4 Å². The average Bonchev–Trinajstić information content (AvgIpc) is 2.59. The first-order valence-corrected chi connectivity index (χ1v) is 7.29. The second-order valence-electron chi connectivity index (χ2n) is 5.08. The first-order chi connectivity index (χ1) is 10.8. The molecule has 0 aromatic heterocycles. The molecule has 0 atom stereocenters. The highest BCUT2D eigenvalue weighted by Gasteiger charge is 2.10. The molecule has 0 spiro atoms. The molecule has 3 aromatic rings. The van der Waals surface area contributed by atoms with Crippen LogP contribution in [0.15, 0.2) is 60.7 Å². The van der Waals surface area contributed by atoms with Gasteiger partial charge in [-0.3, -0.25) is 0 Å². The van der Waals surface area contributed by atoms with E-state index in [1.54, 1.807) is 7.11 Å². The van der Waals surface area contributed by atoms with Gasteiger partial charge in [0.15, 0.2) is 11.5 Å². The van der Waals surface area contributed by atoms with E-state index in [1.165, 1.54) is 10.8 Å². The van der Waals surface area contributed by atoms with Crippen LogP contribution in [-0.2, 0) is 13.2 Å². The van der Waals surface area contributed by atoms with Gasteiger partial charge in [0, 0.05) is 12.1 Å². The van der Waals surface area contributed by atoms with Crippen molar-refractivity contribution in [3.8, 4) is 11.5 Å². The summed E-state index contributed by atoms with van der Waals surface area (Å²) >= 11 is 0. The summed E-state index contributed by atoms with van der Waals surface area (Å²) in [7, 11) is 1.64. The molecule has 0 fully saturated rings. The van der Waals surface area contributed by atoms with Gasteiger partial charge in [-0.05, 0) is 22.4 Å². The third-order valence-electron chi connectivity index (χ3n) is 3.75. The number of hydrogen-bond acceptors (Lipinski definition) is 3. The first kappa shape index (κ1) is 14.4. The van der Waals surface area contributed by atoms with Crippen LogP contribution in [0.1, 0.15) is 11.1 Å². The van der Waals surface area contributed by atoms with Crippen molar-refractivity contribution < 1.29 is 9.47 Å². The molecular weight excluding hydrogens is 274 g/mol. The van der Waals surface area contributed by atoms with Crippen LogP contribution in [-0.4, -0.2) is 7.11 Å². The smallest absolute Gasteiger partial charge is 0.166 e. The van der Waals surface area contributed by atoms with Gasteiger partial charge in [0.25, 0.3) is 0 Å². The number of methoxy groups -OCH3 is 1. The van der Waals surface area contributed by atoms with Crippen LogP contribution < -0.4 is 15.2 Å². The van der Waals surface area contributed by atoms with Gasteiger partial charge in [0.2, 0.25) is 0 Å². The normalized spacial score (nSPS) is 10.6. The highest BCUT2D eigenvalue weighted by Crippen LogP contribution is 2.32. The van der Waals surface area contributed by atoms with E-state index in [0.717, 1.165) is 16.9 Å². The maximum absolute atomic E-state index is 6.04. The van der Waals surface area contributed by atoms with Crippen molar-refractivity contribution in [2.24, 2.45) is 5.73 Å². The standard InChI is InChI=1S/C19H19NO2/c1-21-18-11-5-8-15(12-20)19(18)22-13-16-9-4-7-14-6-2-3-10-17(14)16/h2-11H,12-13,20H2,1H3. The summed E-state index contributed by atoms with van der Waals surface area (Å²) in [5, 5.41) is 2.41. The molecule has 22 heavy (non-hydrogen) atoms. The van der Waals surface area contributed by atoms with Crippen molar-refractivity contribution >= 4 is 10.8 Å². The zero-order valence-electron chi connectivity index (χ0n) is 12.6. The van der Waals surface area contributed by atoms with Crippen molar-refractivity contribution in [3.63, 3.8) is 0 Å². The number of para-hydroxylation sites is 1. The Morgan fingerprint density at radius 1 is 0.864 bits per heavy atom. The maximum Gasteiger partial charge on any atom is 0.166 e. The van der Waals surface area contributed by atoms with E-state index < -0.39 is 0 Å². The van der Waals surface area contributed by atoms with Crippen molar-refractivity contribution in [1.29, 1.82) is 0 Å². The van der Waals surface area contributed by atoms with Gasteiger partial charge in [-0.25, -0.2) is 0 Å². The zero-order chi connectivity index (χ0) is 15.4. The topological polar surface area (TPSA) is 44.5 Å². The lowest BCUT2D eigenvalue weighted by Crippen LogP contribution is -2.04. The molecule has 3 heteroatoms. The maximum atomic E-state index is 6.04. The molecule has 2 N–H and O–H groups in total. The Morgan fingerprint density at radius 3 is 2.41 bits per heavy atom. The number of fused-ring (bicyclic) bond motifs is 1. The minimum atomic E-state index is 0.419. The van der Waals surface area contributed by atoms with Crippen molar-refractivity contribution in [2.75, 3.05) is 7.11 Å². The molecule has 0 unspecified atom stereocenters. The minimum Gasteiger partial charge on any atom is -0.493 e. The molecule has 0 radical (unpaired) electrons. The molecule has 3 rings (SSSR count). The summed E-state index contributed by atoms with van der Waals surface area (Å²) < 4.78 is 11.4. The van der Waals surface area contributed by atoms with Gasteiger partial charge in [-0.1, -0.05) is 54.6 Å². The van der Waals surface area contributed by atoms with Crippen LogP contribution in [0.4, 0.5) is 0 Å². The number of benzene rings is 3. The SMILES string of the molecule is COc1cccc(CN)c1OCc1cccc2ccccc12. The molecular formula is C19H19NO2. The average molecular weight is 293 g/mol. The molecule has 0 aliphatic rings. The number of hydrogen-bond donors (Lipinski definition) is 1. The van der Waals surface area contributed by atoms with E-state index in [4.69, 9.17) is 15.2 Å². The van der Waals surface area contributed by atoms with Crippen LogP contribution in [0.2, 0.25) is 0 Å². The molecule has 0 aliphatic carbocycles. The lowest BCUT2D eigenvalue weighted by atomic mass is 10.1. The Morgan fingerprint density at radius 2 is 1.59 bits per heavy atom. The quantitative estimate of drug-likeness (QED) is 0.776. The molecule has 0 amide bonds. The van der Waals surface area contributed by atoms with E-state index in [9.17, 15) is 0 Å². The van der Waals surface area contributed by atoms with E-state index in [-0.39, 0.29) is 0 Å². The lowest BCUT2D eigenvalue weighted by molar-refractivity contribution is 0.282. The highest BCUT2D eigenvalue weighted by atomic mass is 16.5. The predicted molar refractivity (Wildman–Crippen MR) is 89.2 cm³/mol. The molecule has 0 saturated heterocycles. The molecule has 3 nitrogen and oxygen atoms in total. The Balaban J connectivity index is 1.92. The third kappa shape index (κ3) is 2.76. The van der Waals surface area contributed by atoms with Gasteiger partial charge >= 0.3 is 0 Å². The van der Waals surface area contributed by atoms with Crippen molar-refractivity contribution in [3.05, 3.63) is 71.8 Å². The Kier molecular flexibility index (Phi) is 4.26. The molecule has 3 aromatic carbocycles. The Bertz CT molecular complexity index is 756. The summed E-state index contributed by atoms with van der Waals surface area (Å²) in [5.41, 5.74) is 7.89. The lowest BCUT2D eigenvalue weighted by Gasteiger charge is -2.15. The van der Waals surface area contributed by atoms with Gasteiger partial charge < -0.3 is 15.2 Å². The second-order valence-corrected chi connectivity index (χ2v) is 5.08. The second kappa shape index (κ2) is 6.50. The van der Waals surface area contributed by atoms with Crippen LogP contribution in [0, 0.1) is 0 Å². The number of rotatable bonds is 5. The summed E-state index contributed by atoms with van der Waals surface area (Å²) in [6, 6.07) is 20.3. The number of ether oxygens (including phenoxy) is 2. The Hall–Kier alpha value is -2.52. The van der Waals surface area contributed by atoms with Crippen molar-refractivity contribution in [1.82, 2.24) is 0 Å². The van der Waals surface area contributed by atoms with Gasteiger partial charge in [-0.15, -0.1) is 0 Å². The largest absolute Gasteiger partial charge is 0.493 e.